The van der Waals surface area contributed by atoms with Gasteiger partial charge in [-0.1, -0.05) is 0 Å². The summed E-state index contributed by atoms with van der Waals surface area (Å²) in [4.78, 5) is 24.8. The maximum atomic E-state index is 11.9. The Balaban J connectivity index is 1.83. The van der Waals surface area contributed by atoms with E-state index in [1.807, 2.05) is 0 Å². The smallest absolute Gasteiger partial charge is 0.340 e. The fourth-order valence-corrected chi connectivity index (χ4v) is 2.81. The number of amides is 1. The number of morpholine rings is 1. The number of anilines is 1. The predicted octanol–water partition coefficient (Wildman–Crippen LogP) is 0.811. The highest BCUT2D eigenvalue weighted by atomic mass is 32.1. The largest absolute Gasteiger partial charge is 0.478 e. The molecule has 0 saturated carbocycles. The van der Waals surface area contributed by atoms with Crippen LogP contribution < -0.4 is 5.32 Å². The molecule has 0 bridgehead atoms. The number of carboxylic acids is 1. The van der Waals surface area contributed by atoms with Gasteiger partial charge in [-0.2, -0.15) is 4.37 Å². The van der Waals surface area contributed by atoms with E-state index in [1.54, 1.807) is 11.8 Å². The van der Waals surface area contributed by atoms with Crippen molar-refractivity contribution < 1.29 is 19.4 Å². The molecule has 1 saturated heterocycles. The van der Waals surface area contributed by atoms with Gasteiger partial charge in [0.1, 0.15) is 10.6 Å². The molecule has 0 aliphatic carbocycles. The Morgan fingerprint density at radius 2 is 2.15 bits per heavy atom. The number of carbonyl (C=O) groups is 2. The zero-order valence-corrected chi connectivity index (χ0v) is 12.0. The first kappa shape index (κ1) is 14.7. The van der Waals surface area contributed by atoms with E-state index in [0.29, 0.717) is 50.0 Å². The quantitative estimate of drug-likeness (QED) is 0.836. The minimum atomic E-state index is -1.00. The Morgan fingerprint density at radius 1 is 1.45 bits per heavy atom. The number of nitrogens with zero attached hydrogens (tertiary/aromatic N) is 2. The third-order valence-electron chi connectivity index (χ3n) is 3.06. The van der Waals surface area contributed by atoms with Crippen molar-refractivity contribution >= 4 is 28.4 Å². The van der Waals surface area contributed by atoms with E-state index in [2.05, 4.69) is 9.69 Å². The molecular weight excluding hydrogens is 282 g/mol. The van der Waals surface area contributed by atoms with Crippen LogP contribution in [0.1, 0.15) is 22.5 Å². The molecule has 0 unspecified atom stereocenters. The Bertz CT molecular complexity index is 497. The summed E-state index contributed by atoms with van der Waals surface area (Å²) in [6, 6.07) is 0. The number of hydrogen-bond acceptors (Lipinski definition) is 6. The molecule has 2 rings (SSSR count). The van der Waals surface area contributed by atoms with Crippen LogP contribution in [0, 0.1) is 6.92 Å². The Kier molecular flexibility index (Phi) is 4.91. The molecule has 1 aliphatic heterocycles. The molecule has 20 heavy (non-hydrogen) atoms. The van der Waals surface area contributed by atoms with E-state index in [1.165, 1.54) is 0 Å². The molecule has 1 aromatic heterocycles. The maximum Gasteiger partial charge on any atom is 0.340 e. The average Bonchev–Trinajstić information content (AvgIpc) is 2.81. The third kappa shape index (κ3) is 3.45. The summed E-state index contributed by atoms with van der Waals surface area (Å²) in [7, 11) is 0. The zero-order valence-electron chi connectivity index (χ0n) is 11.2. The van der Waals surface area contributed by atoms with Crippen molar-refractivity contribution in [3.8, 4) is 0 Å². The summed E-state index contributed by atoms with van der Waals surface area (Å²) >= 11 is 1.10. The van der Waals surface area contributed by atoms with Gasteiger partial charge in [0, 0.05) is 26.1 Å². The molecule has 1 aromatic rings. The van der Waals surface area contributed by atoms with Gasteiger partial charge >= 0.3 is 5.97 Å². The lowest BCUT2D eigenvalue weighted by atomic mass is 10.2. The van der Waals surface area contributed by atoms with Crippen LogP contribution in [-0.2, 0) is 9.53 Å². The lowest BCUT2D eigenvalue weighted by molar-refractivity contribution is -0.134. The standard InChI is InChI=1S/C12H17N3O4S/c1-8-10(12(17)18)11(20-14-8)13-3-2-9(16)15-4-6-19-7-5-15/h13H,2-7H2,1H3,(H,17,18). The van der Waals surface area contributed by atoms with E-state index in [-0.39, 0.29) is 11.5 Å². The zero-order chi connectivity index (χ0) is 14.5. The molecule has 110 valence electrons. The van der Waals surface area contributed by atoms with Crippen LogP contribution in [0.4, 0.5) is 5.00 Å². The molecular formula is C12H17N3O4S. The van der Waals surface area contributed by atoms with Gasteiger partial charge in [-0.25, -0.2) is 4.79 Å². The number of ether oxygens (including phenoxy) is 1. The summed E-state index contributed by atoms with van der Waals surface area (Å²) in [5.74, 6) is -0.947. The Labute approximate surface area is 120 Å². The van der Waals surface area contributed by atoms with E-state index in [9.17, 15) is 9.59 Å². The summed E-state index contributed by atoms with van der Waals surface area (Å²) in [5.41, 5.74) is 0.679. The predicted molar refractivity (Wildman–Crippen MR) is 74.3 cm³/mol. The minimum Gasteiger partial charge on any atom is -0.478 e. The molecule has 1 aliphatic rings. The summed E-state index contributed by atoms with van der Waals surface area (Å²) in [6.07, 6.45) is 0.329. The number of carboxylic acid groups (broad SMARTS) is 1. The summed E-state index contributed by atoms with van der Waals surface area (Å²) in [6.45, 7) is 4.46. The van der Waals surface area contributed by atoms with Crippen LogP contribution in [0.5, 0.6) is 0 Å². The Morgan fingerprint density at radius 3 is 2.80 bits per heavy atom. The van der Waals surface area contributed by atoms with Crippen molar-refractivity contribution in [3.05, 3.63) is 11.3 Å². The van der Waals surface area contributed by atoms with E-state index in [0.717, 1.165) is 11.5 Å². The number of rotatable bonds is 5. The molecule has 0 radical (unpaired) electrons. The highest BCUT2D eigenvalue weighted by Crippen LogP contribution is 2.24. The second kappa shape index (κ2) is 6.67. The van der Waals surface area contributed by atoms with Crippen LogP contribution in [-0.4, -0.2) is 59.1 Å². The van der Waals surface area contributed by atoms with Gasteiger partial charge < -0.3 is 20.1 Å². The molecule has 2 heterocycles. The maximum absolute atomic E-state index is 11.9. The fourth-order valence-electron chi connectivity index (χ4n) is 2.00. The summed E-state index contributed by atoms with van der Waals surface area (Å²) in [5, 5.41) is 12.6. The van der Waals surface area contributed by atoms with Gasteiger partial charge in [0.05, 0.1) is 18.9 Å². The van der Waals surface area contributed by atoms with Crippen LogP contribution in [0.15, 0.2) is 0 Å². The number of nitrogens with one attached hydrogen (secondary N) is 1. The number of carbonyl (C=O) groups excluding carboxylic acids is 1. The van der Waals surface area contributed by atoms with Crippen molar-refractivity contribution in [2.45, 2.75) is 13.3 Å². The lowest BCUT2D eigenvalue weighted by Crippen LogP contribution is -2.41. The first-order valence-corrected chi connectivity index (χ1v) is 7.16. The first-order chi connectivity index (χ1) is 9.59. The Hall–Kier alpha value is -1.67. The van der Waals surface area contributed by atoms with Crippen LogP contribution in [0.25, 0.3) is 0 Å². The van der Waals surface area contributed by atoms with E-state index < -0.39 is 5.97 Å². The van der Waals surface area contributed by atoms with Crippen molar-refractivity contribution in [2.75, 3.05) is 38.2 Å². The number of aromatic nitrogens is 1. The molecule has 7 nitrogen and oxygen atoms in total. The average molecular weight is 299 g/mol. The highest BCUT2D eigenvalue weighted by Gasteiger charge is 2.19. The lowest BCUT2D eigenvalue weighted by Gasteiger charge is -2.26. The number of hydrogen-bond donors (Lipinski definition) is 2. The molecule has 2 N–H and O–H groups in total. The molecule has 1 fully saturated rings. The van der Waals surface area contributed by atoms with Gasteiger partial charge in [-0.15, -0.1) is 0 Å². The normalized spacial score (nSPS) is 15.2. The topological polar surface area (TPSA) is 91.8 Å². The van der Waals surface area contributed by atoms with E-state index in [4.69, 9.17) is 9.84 Å². The molecule has 1 amide bonds. The van der Waals surface area contributed by atoms with Gasteiger partial charge in [0.2, 0.25) is 5.91 Å². The second-order valence-electron chi connectivity index (χ2n) is 4.45. The van der Waals surface area contributed by atoms with Crippen LogP contribution in [0.2, 0.25) is 0 Å². The summed E-state index contributed by atoms with van der Waals surface area (Å²) < 4.78 is 9.20. The van der Waals surface area contributed by atoms with Gasteiger partial charge in [0.15, 0.2) is 0 Å². The molecule has 0 aromatic carbocycles. The SMILES string of the molecule is Cc1nsc(NCCC(=O)N2CCOCC2)c1C(=O)O. The molecule has 0 atom stereocenters. The highest BCUT2D eigenvalue weighted by molar-refractivity contribution is 7.10. The van der Waals surface area contributed by atoms with Gasteiger partial charge in [0.25, 0.3) is 0 Å². The van der Waals surface area contributed by atoms with E-state index >= 15 is 0 Å². The fraction of sp³-hybridized carbons (Fsp3) is 0.583. The van der Waals surface area contributed by atoms with Crippen LogP contribution >= 0.6 is 11.5 Å². The minimum absolute atomic E-state index is 0.0545. The first-order valence-electron chi connectivity index (χ1n) is 6.38. The van der Waals surface area contributed by atoms with Gasteiger partial charge in [-0.05, 0) is 18.5 Å². The third-order valence-corrected chi connectivity index (χ3v) is 3.96. The monoisotopic (exact) mass is 299 g/mol. The van der Waals surface area contributed by atoms with Crippen molar-refractivity contribution in [2.24, 2.45) is 0 Å². The number of aromatic carboxylic acids is 1. The van der Waals surface area contributed by atoms with Crippen molar-refractivity contribution in [1.82, 2.24) is 9.27 Å². The van der Waals surface area contributed by atoms with Crippen molar-refractivity contribution in [1.29, 1.82) is 0 Å². The molecule has 0 spiro atoms. The van der Waals surface area contributed by atoms with Crippen LogP contribution in [0.3, 0.4) is 0 Å². The van der Waals surface area contributed by atoms with Gasteiger partial charge in [-0.3, -0.25) is 4.79 Å². The van der Waals surface area contributed by atoms with Crippen molar-refractivity contribution in [3.63, 3.8) is 0 Å². The molecule has 8 heteroatoms. The second-order valence-corrected chi connectivity index (χ2v) is 5.22. The number of aryl methyl sites for hydroxylation is 1.